The maximum absolute atomic E-state index is 12.9. The number of thiophene rings is 1. The van der Waals surface area contributed by atoms with Gasteiger partial charge in [-0.3, -0.25) is 9.59 Å². The number of carbonyl (C=O) groups is 2. The molecule has 2 N–H and O–H groups in total. The van der Waals surface area contributed by atoms with Crippen LogP contribution < -0.4 is 10.6 Å². The molecule has 1 atom stereocenters. The second-order valence-electron chi connectivity index (χ2n) is 7.75. The Morgan fingerprint density at radius 2 is 2.00 bits per heavy atom. The van der Waals surface area contributed by atoms with Gasteiger partial charge < -0.3 is 15.4 Å². The lowest BCUT2D eigenvalue weighted by Gasteiger charge is -2.17. The number of rotatable bonds is 11. The molecule has 3 aromatic rings. The van der Waals surface area contributed by atoms with Gasteiger partial charge in [0, 0.05) is 6.20 Å². The number of aromatic nitrogens is 1. The molecule has 170 valence electrons. The second-order valence-corrected chi connectivity index (χ2v) is 9.56. The van der Waals surface area contributed by atoms with Gasteiger partial charge in [0.15, 0.2) is 5.13 Å². The highest BCUT2D eigenvalue weighted by atomic mass is 32.1. The van der Waals surface area contributed by atoms with Crippen LogP contribution in [0.1, 0.15) is 44.7 Å². The van der Waals surface area contributed by atoms with E-state index < -0.39 is 6.04 Å². The molecule has 1 unspecified atom stereocenters. The highest BCUT2D eigenvalue weighted by Crippen LogP contribution is 2.32. The highest BCUT2D eigenvalue weighted by molar-refractivity contribution is 7.19. The van der Waals surface area contributed by atoms with E-state index in [4.69, 9.17) is 4.74 Å². The Kier molecular flexibility index (Phi) is 8.96. The second kappa shape index (κ2) is 11.9. The third-order valence-electron chi connectivity index (χ3n) is 4.76. The Balaban J connectivity index is 1.65. The summed E-state index contributed by atoms with van der Waals surface area (Å²) in [6.07, 6.45) is 3.52. The zero-order valence-electron chi connectivity index (χ0n) is 18.6. The van der Waals surface area contributed by atoms with Crippen molar-refractivity contribution in [3.8, 4) is 10.4 Å². The lowest BCUT2D eigenvalue weighted by molar-refractivity contribution is -0.126. The SMILES string of the molecule is CCCC(NC(=O)Cc1ccsc1)C(=O)Nc1ncc(-c2ccccc2COC(C)C)s1. The van der Waals surface area contributed by atoms with Gasteiger partial charge in [0.25, 0.3) is 0 Å². The van der Waals surface area contributed by atoms with Gasteiger partial charge in [-0.05, 0) is 53.8 Å². The Hall–Kier alpha value is -2.55. The molecule has 32 heavy (non-hydrogen) atoms. The maximum atomic E-state index is 12.9. The first-order valence-electron chi connectivity index (χ1n) is 10.7. The third-order valence-corrected chi connectivity index (χ3v) is 6.44. The first-order valence-corrected chi connectivity index (χ1v) is 12.5. The molecule has 6 nitrogen and oxygen atoms in total. The summed E-state index contributed by atoms with van der Waals surface area (Å²) in [6.45, 7) is 6.52. The average molecular weight is 472 g/mol. The van der Waals surface area contributed by atoms with Crippen molar-refractivity contribution in [1.29, 1.82) is 0 Å². The predicted molar refractivity (Wildman–Crippen MR) is 131 cm³/mol. The van der Waals surface area contributed by atoms with Crippen molar-refractivity contribution in [3.05, 3.63) is 58.4 Å². The van der Waals surface area contributed by atoms with Crippen LogP contribution in [-0.2, 0) is 27.4 Å². The summed E-state index contributed by atoms with van der Waals surface area (Å²) >= 11 is 2.96. The van der Waals surface area contributed by atoms with Crippen LogP contribution >= 0.6 is 22.7 Å². The lowest BCUT2D eigenvalue weighted by Crippen LogP contribution is -2.44. The van der Waals surface area contributed by atoms with Gasteiger partial charge in [0.2, 0.25) is 11.8 Å². The number of nitrogens with one attached hydrogen (secondary N) is 2. The number of hydrogen-bond acceptors (Lipinski definition) is 6. The zero-order chi connectivity index (χ0) is 22.9. The monoisotopic (exact) mass is 471 g/mol. The number of carbonyl (C=O) groups excluding carboxylic acids is 2. The number of benzene rings is 1. The first kappa shape index (κ1) is 24.1. The van der Waals surface area contributed by atoms with Gasteiger partial charge in [0.05, 0.1) is 24.0 Å². The van der Waals surface area contributed by atoms with E-state index in [1.54, 1.807) is 17.5 Å². The van der Waals surface area contributed by atoms with Crippen LogP contribution in [0.2, 0.25) is 0 Å². The van der Waals surface area contributed by atoms with Crippen LogP contribution in [0.4, 0.5) is 5.13 Å². The van der Waals surface area contributed by atoms with Gasteiger partial charge >= 0.3 is 0 Å². The summed E-state index contributed by atoms with van der Waals surface area (Å²) in [5.74, 6) is -0.404. The van der Waals surface area contributed by atoms with E-state index >= 15 is 0 Å². The fourth-order valence-electron chi connectivity index (χ4n) is 3.17. The molecule has 0 saturated heterocycles. The van der Waals surface area contributed by atoms with Gasteiger partial charge in [-0.2, -0.15) is 11.3 Å². The quantitative estimate of drug-likeness (QED) is 0.400. The minimum absolute atomic E-state index is 0.143. The van der Waals surface area contributed by atoms with Crippen molar-refractivity contribution in [2.75, 3.05) is 5.32 Å². The minimum Gasteiger partial charge on any atom is -0.374 e. The van der Waals surface area contributed by atoms with Gasteiger partial charge in [-0.15, -0.1) is 0 Å². The standard InChI is InChI=1S/C24H29N3O3S2/c1-4-7-20(26-22(28)12-17-10-11-31-15-17)23(29)27-24-25-13-21(32-24)19-9-6-5-8-18(19)14-30-16(2)3/h5-6,8-11,13,15-16,20H,4,7,12,14H2,1-3H3,(H,26,28)(H,25,27,29). The summed E-state index contributed by atoms with van der Waals surface area (Å²) < 4.78 is 5.77. The fourth-order valence-corrected chi connectivity index (χ4v) is 4.72. The van der Waals surface area contributed by atoms with Crippen molar-refractivity contribution >= 4 is 39.6 Å². The fraction of sp³-hybridized carbons (Fsp3) is 0.375. The van der Waals surface area contributed by atoms with Crippen molar-refractivity contribution in [1.82, 2.24) is 10.3 Å². The van der Waals surface area contributed by atoms with Gasteiger partial charge in [0.1, 0.15) is 6.04 Å². The zero-order valence-corrected chi connectivity index (χ0v) is 20.2. The molecule has 1 aromatic carbocycles. The third kappa shape index (κ3) is 6.98. The van der Waals surface area contributed by atoms with Gasteiger partial charge in [-0.25, -0.2) is 4.98 Å². The Labute approximate surface area is 197 Å². The van der Waals surface area contributed by atoms with Crippen LogP contribution in [0, 0.1) is 0 Å². The van der Waals surface area contributed by atoms with E-state index in [-0.39, 0.29) is 24.3 Å². The van der Waals surface area contributed by atoms with Crippen molar-refractivity contribution < 1.29 is 14.3 Å². The first-order chi connectivity index (χ1) is 15.5. The molecule has 8 heteroatoms. The van der Waals surface area contributed by atoms with E-state index in [1.807, 2.05) is 61.9 Å². The van der Waals surface area contributed by atoms with E-state index in [1.165, 1.54) is 11.3 Å². The molecular formula is C24H29N3O3S2. The molecule has 0 spiro atoms. The number of nitrogens with zero attached hydrogens (tertiary/aromatic N) is 1. The van der Waals surface area contributed by atoms with E-state index in [2.05, 4.69) is 15.6 Å². The molecule has 0 radical (unpaired) electrons. The van der Waals surface area contributed by atoms with Crippen molar-refractivity contribution in [3.63, 3.8) is 0 Å². The van der Waals surface area contributed by atoms with E-state index in [0.29, 0.717) is 18.2 Å². The van der Waals surface area contributed by atoms with Crippen LogP contribution in [0.25, 0.3) is 10.4 Å². The Bertz CT molecular complexity index is 1020. The van der Waals surface area contributed by atoms with E-state index in [0.717, 1.165) is 28.0 Å². The molecular weight excluding hydrogens is 442 g/mol. The summed E-state index contributed by atoms with van der Waals surface area (Å²) in [4.78, 5) is 30.6. The van der Waals surface area contributed by atoms with Crippen LogP contribution in [0.3, 0.4) is 0 Å². The highest BCUT2D eigenvalue weighted by Gasteiger charge is 2.21. The molecule has 0 bridgehead atoms. The molecule has 0 aliphatic heterocycles. The molecule has 0 saturated carbocycles. The molecule has 2 amide bonds. The average Bonchev–Trinajstić information content (AvgIpc) is 3.44. The number of anilines is 1. The van der Waals surface area contributed by atoms with Crippen molar-refractivity contribution in [2.24, 2.45) is 0 Å². The van der Waals surface area contributed by atoms with Crippen LogP contribution in [0.5, 0.6) is 0 Å². The molecule has 0 fully saturated rings. The molecule has 0 aliphatic rings. The number of ether oxygens (including phenoxy) is 1. The minimum atomic E-state index is -0.592. The van der Waals surface area contributed by atoms with Gasteiger partial charge in [-0.1, -0.05) is 48.9 Å². The number of thiazole rings is 1. The number of hydrogen-bond donors (Lipinski definition) is 2. The normalized spacial score (nSPS) is 12.0. The smallest absolute Gasteiger partial charge is 0.248 e. The topological polar surface area (TPSA) is 80.3 Å². The molecule has 2 aromatic heterocycles. The van der Waals surface area contributed by atoms with E-state index in [9.17, 15) is 9.59 Å². The largest absolute Gasteiger partial charge is 0.374 e. The van der Waals surface area contributed by atoms with Crippen LogP contribution in [0.15, 0.2) is 47.3 Å². The lowest BCUT2D eigenvalue weighted by atomic mass is 10.1. The molecule has 2 heterocycles. The summed E-state index contributed by atoms with van der Waals surface area (Å²) in [7, 11) is 0. The maximum Gasteiger partial charge on any atom is 0.248 e. The van der Waals surface area contributed by atoms with Crippen molar-refractivity contribution in [2.45, 2.75) is 58.8 Å². The molecule has 0 aliphatic carbocycles. The summed E-state index contributed by atoms with van der Waals surface area (Å²) in [5.41, 5.74) is 3.07. The summed E-state index contributed by atoms with van der Waals surface area (Å²) in [5, 5.41) is 10.1. The Morgan fingerprint density at radius 3 is 2.72 bits per heavy atom. The molecule has 3 rings (SSSR count). The predicted octanol–water partition coefficient (Wildman–Crippen LogP) is 5.26. The van der Waals surface area contributed by atoms with Crippen LogP contribution in [-0.4, -0.2) is 28.9 Å². The Morgan fingerprint density at radius 1 is 1.19 bits per heavy atom. The number of amides is 2. The summed E-state index contributed by atoms with van der Waals surface area (Å²) in [6, 6.07) is 9.36.